The Hall–Kier alpha value is -1.44. The number of hydrazine groups is 1. The lowest BCUT2D eigenvalue weighted by Gasteiger charge is -2.10. The SMILES string of the molecule is NNc1ncccc1C(=O)Nc1cc(Br)ccc1Br. The van der Waals surface area contributed by atoms with Gasteiger partial charge in [-0.25, -0.2) is 10.8 Å². The summed E-state index contributed by atoms with van der Waals surface area (Å²) in [7, 11) is 0. The molecule has 4 N–H and O–H groups in total. The fourth-order valence-corrected chi connectivity index (χ4v) is 2.19. The maximum Gasteiger partial charge on any atom is 0.259 e. The van der Waals surface area contributed by atoms with Crippen molar-refractivity contribution in [3.8, 4) is 0 Å². The van der Waals surface area contributed by atoms with Crippen molar-refractivity contribution >= 4 is 49.3 Å². The molecule has 1 aromatic carbocycles. The van der Waals surface area contributed by atoms with Gasteiger partial charge in [0.25, 0.3) is 5.91 Å². The number of hydrogen-bond donors (Lipinski definition) is 3. The predicted octanol–water partition coefficient (Wildman–Crippen LogP) is 3.14. The minimum atomic E-state index is -0.292. The number of hydrogen-bond acceptors (Lipinski definition) is 4. The van der Waals surface area contributed by atoms with Gasteiger partial charge in [0.05, 0.1) is 11.3 Å². The van der Waals surface area contributed by atoms with E-state index in [1.54, 1.807) is 24.4 Å². The first-order valence-electron chi connectivity index (χ1n) is 5.30. The van der Waals surface area contributed by atoms with Crippen LogP contribution < -0.4 is 16.6 Å². The summed E-state index contributed by atoms with van der Waals surface area (Å²) in [6, 6.07) is 8.82. The monoisotopic (exact) mass is 384 g/mol. The molecule has 7 heteroatoms. The second-order valence-electron chi connectivity index (χ2n) is 3.62. The summed E-state index contributed by atoms with van der Waals surface area (Å²) >= 11 is 6.73. The lowest BCUT2D eigenvalue weighted by atomic mass is 10.2. The van der Waals surface area contributed by atoms with Gasteiger partial charge in [0, 0.05) is 15.1 Å². The summed E-state index contributed by atoms with van der Waals surface area (Å²) in [5.41, 5.74) is 3.43. The van der Waals surface area contributed by atoms with Gasteiger partial charge in [0.15, 0.2) is 5.82 Å². The topological polar surface area (TPSA) is 80.0 Å². The molecule has 2 aromatic rings. The Morgan fingerprint density at radius 2 is 2.05 bits per heavy atom. The Morgan fingerprint density at radius 3 is 2.79 bits per heavy atom. The molecule has 0 spiro atoms. The van der Waals surface area contributed by atoms with Crippen LogP contribution in [0.2, 0.25) is 0 Å². The zero-order chi connectivity index (χ0) is 13.8. The number of amides is 1. The number of nitrogen functional groups attached to an aromatic ring is 1. The van der Waals surface area contributed by atoms with E-state index >= 15 is 0 Å². The van der Waals surface area contributed by atoms with E-state index in [0.29, 0.717) is 17.1 Å². The van der Waals surface area contributed by atoms with Crippen LogP contribution in [0.3, 0.4) is 0 Å². The summed E-state index contributed by atoms with van der Waals surface area (Å²) in [5, 5.41) is 2.79. The molecule has 0 aliphatic heterocycles. The number of anilines is 2. The Labute approximate surface area is 126 Å². The lowest BCUT2D eigenvalue weighted by molar-refractivity contribution is 0.102. The van der Waals surface area contributed by atoms with Crippen LogP contribution in [0.1, 0.15) is 10.4 Å². The second-order valence-corrected chi connectivity index (χ2v) is 5.39. The maximum absolute atomic E-state index is 12.2. The average Bonchev–Trinajstić information content (AvgIpc) is 2.42. The molecule has 0 fully saturated rings. The van der Waals surface area contributed by atoms with Crippen molar-refractivity contribution in [1.29, 1.82) is 0 Å². The molecule has 0 atom stereocenters. The first-order valence-corrected chi connectivity index (χ1v) is 6.88. The molecule has 1 amide bonds. The number of benzene rings is 1. The van der Waals surface area contributed by atoms with Crippen LogP contribution in [-0.4, -0.2) is 10.9 Å². The molecule has 0 aliphatic carbocycles. The normalized spacial score (nSPS) is 10.1. The van der Waals surface area contributed by atoms with E-state index in [1.807, 2.05) is 12.1 Å². The van der Waals surface area contributed by atoms with Gasteiger partial charge in [-0.3, -0.25) is 4.79 Å². The van der Waals surface area contributed by atoms with Gasteiger partial charge in [-0.1, -0.05) is 15.9 Å². The molecule has 1 heterocycles. The first kappa shape index (κ1) is 14.0. The molecular weight excluding hydrogens is 376 g/mol. The summed E-state index contributed by atoms with van der Waals surface area (Å²) in [6.45, 7) is 0. The van der Waals surface area contributed by atoms with Gasteiger partial charge in [-0.2, -0.15) is 0 Å². The van der Waals surface area contributed by atoms with Crippen LogP contribution >= 0.6 is 31.9 Å². The van der Waals surface area contributed by atoms with Gasteiger partial charge in [0.1, 0.15) is 0 Å². The highest BCUT2D eigenvalue weighted by Gasteiger charge is 2.13. The van der Waals surface area contributed by atoms with Crippen LogP contribution in [0.4, 0.5) is 11.5 Å². The maximum atomic E-state index is 12.2. The molecule has 0 unspecified atom stereocenters. The van der Waals surface area contributed by atoms with Crippen molar-refractivity contribution < 1.29 is 4.79 Å². The number of aromatic nitrogens is 1. The lowest BCUT2D eigenvalue weighted by Crippen LogP contribution is -2.18. The predicted molar refractivity (Wildman–Crippen MR) is 81.8 cm³/mol. The van der Waals surface area contributed by atoms with Crippen LogP contribution in [0.25, 0.3) is 0 Å². The largest absolute Gasteiger partial charge is 0.321 e. The van der Waals surface area contributed by atoms with Crippen molar-refractivity contribution in [3.63, 3.8) is 0 Å². The van der Waals surface area contributed by atoms with Crippen LogP contribution in [-0.2, 0) is 0 Å². The number of nitrogens with zero attached hydrogens (tertiary/aromatic N) is 1. The molecule has 5 nitrogen and oxygen atoms in total. The van der Waals surface area contributed by atoms with Gasteiger partial charge in [-0.15, -0.1) is 0 Å². The number of carbonyl (C=O) groups excluding carboxylic acids is 1. The highest BCUT2D eigenvalue weighted by atomic mass is 79.9. The van der Waals surface area contributed by atoms with Crippen LogP contribution in [0.15, 0.2) is 45.5 Å². The molecule has 1 aromatic heterocycles. The fraction of sp³-hybridized carbons (Fsp3) is 0. The van der Waals surface area contributed by atoms with Crippen molar-refractivity contribution in [1.82, 2.24) is 4.98 Å². The third-order valence-electron chi connectivity index (χ3n) is 2.37. The summed E-state index contributed by atoms with van der Waals surface area (Å²) in [4.78, 5) is 16.2. The molecule has 98 valence electrons. The molecule has 19 heavy (non-hydrogen) atoms. The van der Waals surface area contributed by atoms with E-state index in [-0.39, 0.29) is 5.91 Å². The van der Waals surface area contributed by atoms with Crippen molar-refractivity contribution in [3.05, 3.63) is 51.0 Å². The van der Waals surface area contributed by atoms with E-state index < -0.39 is 0 Å². The number of carbonyl (C=O) groups is 1. The molecule has 0 saturated heterocycles. The van der Waals surface area contributed by atoms with Crippen molar-refractivity contribution in [2.75, 3.05) is 10.7 Å². The molecule has 0 saturated carbocycles. The highest BCUT2D eigenvalue weighted by Crippen LogP contribution is 2.27. The molecular formula is C12H10Br2N4O. The third-order valence-corrected chi connectivity index (χ3v) is 3.55. The third kappa shape index (κ3) is 3.31. The average molecular weight is 386 g/mol. The van der Waals surface area contributed by atoms with E-state index in [2.05, 4.69) is 47.6 Å². The van der Waals surface area contributed by atoms with Crippen molar-refractivity contribution in [2.45, 2.75) is 0 Å². The Balaban J connectivity index is 2.28. The number of halogens is 2. The van der Waals surface area contributed by atoms with E-state index in [4.69, 9.17) is 5.84 Å². The van der Waals surface area contributed by atoms with Gasteiger partial charge >= 0.3 is 0 Å². The fourth-order valence-electron chi connectivity index (χ4n) is 1.49. The Morgan fingerprint density at radius 1 is 1.26 bits per heavy atom. The van der Waals surface area contributed by atoms with Gasteiger partial charge in [0.2, 0.25) is 0 Å². The molecule has 0 bridgehead atoms. The molecule has 2 rings (SSSR count). The van der Waals surface area contributed by atoms with Gasteiger partial charge in [-0.05, 0) is 46.3 Å². The molecule has 0 radical (unpaired) electrons. The van der Waals surface area contributed by atoms with Crippen LogP contribution in [0.5, 0.6) is 0 Å². The zero-order valence-corrected chi connectivity index (χ0v) is 12.8. The van der Waals surface area contributed by atoms with E-state index in [9.17, 15) is 4.79 Å². The van der Waals surface area contributed by atoms with Gasteiger partial charge < -0.3 is 10.7 Å². The molecule has 0 aliphatic rings. The number of rotatable bonds is 3. The highest BCUT2D eigenvalue weighted by molar-refractivity contribution is 9.11. The number of nitrogens with two attached hydrogens (primary N) is 1. The summed E-state index contributed by atoms with van der Waals surface area (Å²) < 4.78 is 1.66. The van der Waals surface area contributed by atoms with Crippen LogP contribution in [0, 0.1) is 0 Å². The number of nitrogens with one attached hydrogen (secondary N) is 2. The van der Waals surface area contributed by atoms with Crippen molar-refractivity contribution in [2.24, 2.45) is 5.84 Å². The Bertz CT molecular complexity index is 618. The first-order chi connectivity index (χ1) is 9.11. The smallest absolute Gasteiger partial charge is 0.259 e. The standard InChI is InChI=1S/C12H10Br2N4O/c13-7-3-4-9(14)10(6-7)17-12(19)8-2-1-5-16-11(8)18-15/h1-6H,15H2,(H,16,18)(H,17,19). The zero-order valence-electron chi connectivity index (χ0n) is 9.65. The second kappa shape index (κ2) is 6.14. The minimum Gasteiger partial charge on any atom is -0.321 e. The number of pyridine rings is 1. The van der Waals surface area contributed by atoms with E-state index in [1.165, 1.54) is 0 Å². The quantitative estimate of drug-likeness (QED) is 0.560. The summed E-state index contributed by atoms with van der Waals surface area (Å²) in [6.07, 6.45) is 1.56. The minimum absolute atomic E-state index is 0.292. The van der Waals surface area contributed by atoms with E-state index in [0.717, 1.165) is 8.95 Å². The summed E-state index contributed by atoms with van der Waals surface area (Å²) in [5.74, 6) is 5.36. The Kier molecular flexibility index (Phi) is 4.52.